The molecule has 1 N–H and O–H groups in total. The first-order valence-corrected chi connectivity index (χ1v) is 9.15. The van der Waals surface area contributed by atoms with Gasteiger partial charge in [-0.05, 0) is 37.7 Å². The monoisotopic (exact) mass is 366 g/mol. The summed E-state index contributed by atoms with van der Waals surface area (Å²) >= 11 is 6.09. The van der Waals surface area contributed by atoms with E-state index in [0.29, 0.717) is 6.54 Å². The number of benzene rings is 2. The van der Waals surface area contributed by atoms with Crippen LogP contribution in [0, 0.1) is 6.92 Å². The van der Waals surface area contributed by atoms with Crippen LogP contribution in [0.1, 0.15) is 21.5 Å². The lowest BCUT2D eigenvalue weighted by Crippen LogP contribution is -2.27. The summed E-state index contributed by atoms with van der Waals surface area (Å²) in [6.45, 7) is 2.39. The maximum atomic E-state index is 12.6. The molecule has 0 saturated carbocycles. The van der Waals surface area contributed by atoms with Crippen LogP contribution in [0.3, 0.4) is 0 Å². The lowest BCUT2D eigenvalue weighted by Gasteiger charge is -2.18. The maximum Gasteiger partial charge on any atom is 0.255 e. The van der Waals surface area contributed by atoms with Crippen LogP contribution in [-0.4, -0.2) is 33.3 Å². The minimum absolute atomic E-state index is 0.00138. The van der Waals surface area contributed by atoms with Gasteiger partial charge in [0.05, 0.1) is 15.5 Å². The van der Waals surface area contributed by atoms with Gasteiger partial charge in [0.15, 0.2) is 0 Å². The fourth-order valence-corrected chi connectivity index (χ4v) is 3.15. The number of carbonyl (C=O) groups is 1. The summed E-state index contributed by atoms with van der Waals surface area (Å²) in [5, 5.41) is 0.214. The Kier molecular flexibility index (Phi) is 5.64. The summed E-state index contributed by atoms with van der Waals surface area (Å²) in [6, 6.07) is 11.9. The lowest BCUT2D eigenvalue weighted by molar-refractivity contribution is 0.0785. The van der Waals surface area contributed by atoms with Gasteiger partial charge in [-0.1, -0.05) is 41.4 Å². The number of amides is 1. The molecule has 0 bridgehead atoms. The molecule has 0 saturated heterocycles. The predicted octanol–water partition coefficient (Wildman–Crippen LogP) is 2.83. The van der Waals surface area contributed by atoms with Gasteiger partial charge >= 0.3 is 0 Å². The van der Waals surface area contributed by atoms with Gasteiger partial charge < -0.3 is 4.90 Å². The highest BCUT2D eigenvalue weighted by atomic mass is 35.5. The third kappa shape index (κ3) is 4.14. The summed E-state index contributed by atoms with van der Waals surface area (Å²) in [4.78, 5) is 14.1. The topological polar surface area (TPSA) is 66.5 Å². The summed E-state index contributed by atoms with van der Waals surface area (Å²) in [5.74, 6) is -0.339. The molecule has 2 aromatic carbocycles. The average molecular weight is 367 g/mol. The van der Waals surface area contributed by atoms with Crippen LogP contribution in [0.5, 0.6) is 0 Å². The van der Waals surface area contributed by atoms with Crippen LogP contribution in [0.4, 0.5) is 0 Å². The van der Waals surface area contributed by atoms with Crippen LogP contribution in [0.25, 0.3) is 0 Å². The predicted molar refractivity (Wildman–Crippen MR) is 94.7 cm³/mol. The molecule has 0 unspecified atom stereocenters. The molecular weight excluding hydrogens is 348 g/mol. The van der Waals surface area contributed by atoms with E-state index in [9.17, 15) is 13.2 Å². The van der Waals surface area contributed by atoms with Crippen molar-refractivity contribution in [3.05, 3.63) is 64.2 Å². The van der Waals surface area contributed by atoms with E-state index >= 15 is 0 Å². The zero-order valence-corrected chi connectivity index (χ0v) is 15.3. The van der Waals surface area contributed by atoms with E-state index < -0.39 is 10.0 Å². The first-order valence-electron chi connectivity index (χ1n) is 7.28. The zero-order chi connectivity index (χ0) is 17.9. The van der Waals surface area contributed by atoms with Gasteiger partial charge in [-0.25, -0.2) is 13.1 Å². The van der Waals surface area contributed by atoms with Gasteiger partial charge in [0.2, 0.25) is 10.0 Å². The minimum Gasteiger partial charge on any atom is -0.337 e. The fraction of sp³-hybridized carbons (Fsp3) is 0.235. The largest absolute Gasteiger partial charge is 0.337 e. The maximum absolute atomic E-state index is 12.6. The molecule has 5 nitrogen and oxygen atoms in total. The Balaban J connectivity index is 2.28. The lowest BCUT2D eigenvalue weighted by atomic mass is 10.1. The first-order chi connectivity index (χ1) is 11.2. The van der Waals surface area contributed by atoms with Gasteiger partial charge in [0, 0.05) is 13.6 Å². The highest BCUT2D eigenvalue weighted by Crippen LogP contribution is 2.22. The number of hydrogen-bond acceptors (Lipinski definition) is 3. The molecule has 0 aliphatic heterocycles. The van der Waals surface area contributed by atoms with E-state index in [1.165, 1.54) is 30.1 Å². The fourth-order valence-electron chi connectivity index (χ4n) is 2.20. The van der Waals surface area contributed by atoms with Crippen molar-refractivity contribution in [2.45, 2.75) is 18.4 Å². The molecule has 0 spiro atoms. The van der Waals surface area contributed by atoms with E-state index in [0.717, 1.165) is 11.1 Å². The number of carbonyl (C=O) groups excluding carboxylic acids is 1. The molecule has 0 aromatic heterocycles. The van der Waals surface area contributed by atoms with Gasteiger partial charge in [-0.2, -0.15) is 0 Å². The van der Waals surface area contributed by atoms with E-state index in [4.69, 9.17) is 11.6 Å². The van der Waals surface area contributed by atoms with E-state index in [1.54, 1.807) is 7.05 Å². The van der Waals surface area contributed by atoms with Gasteiger partial charge in [0.25, 0.3) is 5.91 Å². The summed E-state index contributed by atoms with van der Waals surface area (Å²) in [7, 11) is -0.675. The third-order valence-electron chi connectivity index (χ3n) is 3.63. The molecule has 7 heteroatoms. The van der Waals surface area contributed by atoms with Crippen molar-refractivity contribution in [3.63, 3.8) is 0 Å². The molecule has 24 heavy (non-hydrogen) atoms. The first kappa shape index (κ1) is 18.4. The Morgan fingerprint density at radius 3 is 2.38 bits per heavy atom. The smallest absolute Gasteiger partial charge is 0.255 e. The Hall–Kier alpha value is -1.89. The van der Waals surface area contributed by atoms with Crippen molar-refractivity contribution in [1.82, 2.24) is 9.62 Å². The highest BCUT2D eigenvalue weighted by molar-refractivity contribution is 7.89. The van der Waals surface area contributed by atoms with Crippen LogP contribution in [0.15, 0.2) is 47.4 Å². The molecule has 0 radical (unpaired) electrons. The molecule has 2 aromatic rings. The Bertz CT molecular complexity index is 849. The van der Waals surface area contributed by atoms with Gasteiger partial charge in [0.1, 0.15) is 0 Å². The Labute approximate surface area is 147 Å². The molecule has 2 rings (SSSR count). The van der Waals surface area contributed by atoms with Crippen LogP contribution >= 0.6 is 11.6 Å². The SMILES string of the molecule is CNS(=O)(=O)c1ccc(Cl)c(C(=O)N(C)Cc2ccc(C)cc2)c1. The molecule has 0 fully saturated rings. The van der Waals surface area contributed by atoms with Crippen molar-refractivity contribution in [2.75, 3.05) is 14.1 Å². The molecule has 0 heterocycles. The standard InChI is InChI=1S/C17H19ClN2O3S/c1-12-4-6-13(7-5-12)11-20(3)17(21)15-10-14(8-9-16(15)18)24(22,23)19-2/h4-10,19H,11H2,1-3H3. The second-order valence-electron chi connectivity index (χ2n) is 5.50. The molecular formula is C17H19ClN2O3S. The second kappa shape index (κ2) is 7.34. The molecule has 128 valence electrons. The molecule has 0 aliphatic carbocycles. The number of halogens is 1. The van der Waals surface area contributed by atoms with Crippen molar-refractivity contribution in [1.29, 1.82) is 0 Å². The van der Waals surface area contributed by atoms with Crippen molar-refractivity contribution >= 4 is 27.5 Å². The number of nitrogens with zero attached hydrogens (tertiary/aromatic N) is 1. The Morgan fingerprint density at radius 1 is 1.17 bits per heavy atom. The second-order valence-corrected chi connectivity index (χ2v) is 7.79. The Morgan fingerprint density at radius 2 is 1.79 bits per heavy atom. The van der Waals surface area contributed by atoms with Crippen molar-refractivity contribution in [3.8, 4) is 0 Å². The number of sulfonamides is 1. The molecule has 0 atom stereocenters. The van der Waals surface area contributed by atoms with Crippen molar-refractivity contribution < 1.29 is 13.2 Å². The summed E-state index contributed by atoms with van der Waals surface area (Å²) in [5.41, 5.74) is 2.27. The molecule has 1 amide bonds. The summed E-state index contributed by atoms with van der Waals surface area (Å²) in [6.07, 6.45) is 0. The number of hydrogen-bond donors (Lipinski definition) is 1. The number of rotatable bonds is 5. The van der Waals surface area contributed by atoms with E-state index in [-0.39, 0.29) is 21.4 Å². The quantitative estimate of drug-likeness (QED) is 0.884. The number of aryl methyl sites for hydroxylation is 1. The number of nitrogens with one attached hydrogen (secondary N) is 1. The minimum atomic E-state index is -3.64. The van der Waals surface area contributed by atoms with Gasteiger partial charge in [-0.3, -0.25) is 4.79 Å². The highest BCUT2D eigenvalue weighted by Gasteiger charge is 2.20. The van der Waals surface area contributed by atoms with Crippen LogP contribution < -0.4 is 4.72 Å². The average Bonchev–Trinajstić information content (AvgIpc) is 2.56. The summed E-state index contributed by atoms with van der Waals surface area (Å²) < 4.78 is 26.0. The van der Waals surface area contributed by atoms with Crippen LogP contribution in [0.2, 0.25) is 5.02 Å². The molecule has 0 aliphatic rings. The van der Waals surface area contributed by atoms with Crippen LogP contribution in [-0.2, 0) is 16.6 Å². The van der Waals surface area contributed by atoms with E-state index in [2.05, 4.69) is 4.72 Å². The van der Waals surface area contributed by atoms with Crippen molar-refractivity contribution in [2.24, 2.45) is 0 Å². The normalized spacial score (nSPS) is 11.3. The van der Waals surface area contributed by atoms with E-state index in [1.807, 2.05) is 31.2 Å². The third-order valence-corrected chi connectivity index (χ3v) is 5.38. The van der Waals surface area contributed by atoms with Gasteiger partial charge in [-0.15, -0.1) is 0 Å². The zero-order valence-electron chi connectivity index (χ0n) is 13.7.